The van der Waals surface area contributed by atoms with Gasteiger partial charge in [0, 0.05) is 18.4 Å². The molecule has 20 heavy (non-hydrogen) atoms. The maximum absolute atomic E-state index is 11.8. The Hall–Kier alpha value is -1.89. The molecule has 0 aliphatic heterocycles. The first-order valence-electron chi connectivity index (χ1n) is 6.16. The van der Waals surface area contributed by atoms with E-state index in [0.29, 0.717) is 17.6 Å². The fraction of sp³-hybridized carbons (Fsp3) is 0.385. The summed E-state index contributed by atoms with van der Waals surface area (Å²) < 4.78 is 28.8. The standard InChI is InChI=1S/C13H15NO5S/c1-3-6-14-10-5-4-9(7-12(10)19-13(14)16)11(15)8-20(2,17)18/h4-5,7H,3,6,8H2,1-2H3. The minimum absolute atomic E-state index is 0.223. The largest absolute Gasteiger partial charge is 0.419 e. The monoisotopic (exact) mass is 297 g/mol. The van der Waals surface area contributed by atoms with Gasteiger partial charge in [-0.05, 0) is 24.6 Å². The summed E-state index contributed by atoms with van der Waals surface area (Å²) in [6, 6.07) is 4.53. The predicted molar refractivity (Wildman–Crippen MR) is 74.8 cm³/mol. The maximum atomic E-state index is 11.8. The number of aryl methyl sites for hydroxylation is 1. The average Bonchev–Trinajstić information content (AvgIpc) is 2.63. The smallest absolute Gasteiger partial charge is 0.408 e. The lowest BCUT2D eigenvalue weighted by Crippen LogP contribution is -2.14. The lowest BCUT2D eigenvalue weighted by atomic mass is 10.1. The van der Waals surface area contributed by atoms with E-state index in [-0.39, 0.29) is 5.56 Å². The second kappa shape index (κ2) is 5.24. The number of fused-ring (bicyclic) bond motifs is 1. The summed E-state index contributed by atoms with van der Waals surface area (Å²) in [5.74, 6) is -1.55. The van der Waals surface area contributed by atoms with Gasteiger partial charge in [-0.25, -0.2) is 13.2 Å². The lowest BCUT2D eigenvalue weighted by Gasteiger charge is -2.01. The molecule has 108 valence electrons. The van der Waals surface area contributed by atoms with Crippen LogP contribution in [-0.4, -0.2) is 30.8 Å². The topological polar surface area (TPSA) is 86.3 Å². The van der Waals surface area contributed by atoms with Gasteiger partial charge in [0.05, 0.1) is 5.52 Å². The van der Waals surface area contributed by atoms with E-state index < -0.39 is 27.1 Å². The van der Waals surface area contributed by atoms with Gasteiger partial charge in [0.15, 0.2) is 21.2 Å². The number of ketones is 1. The number of benzene rings is 1. The van der Waals surface area contributed by atoms with Crippen LogP contribution in [-0.2, 0) is 16.4 Å². The second-order valence-corrected chi connectivity index (χ2v) is 6.84. The van der Waals surface area contributed by atoms with Crippen molar-refractivity contribution >= 4 is 26.7 Å². The van der Waals surface area contributed by atoms with Crippen molar-refractivity contribution in [3.05, 3.63) is 34.3 Å². The van der Waals surface area contributed by atoms with Gasteiger partial charge in [-0.15, -0.1) is 0 Å². The molecule has 0 spiro atoms. The maximum Gasteiger partial charge on any atom is 0.419 e. The molecule has 1 aromatic carbocycles. The summed E-state index contributed by atoms with van der Waals surface area (Å²) in [6.07, 6.45) is 1.78. The Balaban J connectivity index is 2.45. The highest BCUT2D eigenvalue weighted by atomic mass is 32.2. The molecule has 1 aromatic heterocycles. The van der Waals surface area contributed by atoms with Crippen LogP contribution in [0.5, 0.6) is 0 Å². The van der Waals surface area contributed by atoms with Crippen molar-refractivity contribution in [1.82, 2.24) is 4.57 Å². The van der Waals surface area contributed by atoms with E-state index in [0.717, 1.165) is 12.7 Å². The third-order valence-corrected chi connectivity index (χ3v) is 3.62. The fourth-order valence-electron chi connectivity index (χ4n) is 2.00. The number of rotatable bonds is 5. The Kier molecular flexibility index (Phi) is 3.80. The number of nitrogens with zero attached hydrogens (tertiary/aromatic N) is 1. The lowest BCUT2D eigenvalue weighted by molar-refractivity contribution is 0.102. The van der Waals surface area contributed by atoms with Crippen molar-refractivity contribution in [2.24, 2.45) is 0 Å². The first-order valence-corrected chi connectivity index (χ1v) is 8.22. The van der Waals surface area contributed by atoms with Crippen LogP contribution in [0.2, 0.25) is 0 Å². The molecule has 7 heteroatoms. The number of oxazole rings is 1. The summed E-state index contributed by atoms with van der Waals surface area (Å²) in [5, 5.41) is 0. The van der Waals surface area contributed by atoms with Gasteiger partial charge >= 0.3 is 5.76 Å². The summed E-state index contributed by atoms with van der Waals surface area (Å²) >= 11 is 0. The fourth-order valence-corrected chi connectivity index (χ4v) is 2.64. The number of aromatic nitrogens is 1. The Bertz CT molecular complexity index is 813. The van der Waals surface area contributed by atoms with Gasteiger partial charge in [0.25, 0.3) is 0 Å². The molecule has 0 saturated carbocycles. The molecule has 0 amide bonds. The van der Waals surface area contributed by atoms with Crippen LogP contribution in [0.25, 0.3) is 11.1 Å². The molecule has 0 atom stereocenters. The molecule has 2 aromatic rings. The molecule has 0 aliphatic rings. The molecule has 0 fully saturated rings. The molecule has 0 aliphatic carbocycles. The SMILES string of the molecule is CCCn1c(=O)oc2cc(C(=O)CS(C)(=O)=O)ccc21. The Morgan fingerprint density at radius 2 is 2.05 bits per heavy atom. The van der Waals surface area contributed by atoms with E-state index in [1.54, 1.807) is 6.07 Å². The summed E-state index contributed by atoms with van der Waals surface area (Å²) in [4.78, 5) is 23.5. The van der Waals surface area contributed by atoms with Crippen molar-refractivity contribution < 1.29 is 17.6 Å². The minimum Gasteiger partial charge on any atom is -0.408 e. The molecule has 2 rings (SSSR count). The zero-order valence-corrected chi connectivity index (χ0v) is 12.1. The zero-order chi connectivity index (χ0) is 14.9. The number of carbonyl (C=O) groups is 1. The van der Waals surface area contributed by atoms with Crippen LogP contribution in [0, 0.1) is 0 Å². The normalized spacial score (nSPS) is 11.9. The Labute approximate surface area is 115 Å². The van der Waals surface area contributed by atoms with E-state index in [1.165, 1.54) is 16.7 Å². The van der Waals surface area contributed by atoms with Gasteiger partial charge in [0.1, 0.15) is 5.75 Å². The van der Waals surface area contributed by atoms with Gasteiger partial charge < -0.3 is 4.42 Å². The minimum atomic E-state index is -3.38. The van der Waals surface area contributed by atoms with E-state index in [4.69, 9.17) is 4.42 Å². The van der Waals surface area contributed by atoms with Crippen LogP contribution in [0.1, 0.15) is 23.7 Å². The van der Waals surface area contributed by atoms with E-state index in [1.807, 2.05) is 6.92 Å². The van der Waals surface area contributed by atoms with Gasteiger partial charge in [-0.2, -0.15) is 0 Å². The number of hydrogen-bond acceptors (Lipinski definition) is 5. The van der Waals surface area contributed by atoms with E-state index >= 15 is 0 Å². The van der Waals surface area contributed by atoms with Gasteiger partial charge in [-0.1, -0.05) is 6.92 Å². The zero-order valence-electron chi connectivity index (χ0n) is 11.3. The molecular formula is C13H15NO5S. The molecule has 1 heterocycles. The number of Topliss-reactive ketones (excluding diaryl/α,β-unsaturated/α-hetero) is 1. The molecule has 0 N–H and O–H groups in total. The third-order valence-electron chi connectivity index (χ3n) is 2.83. The Morgan fingerprint density at radius 1 is 1.35 bits per heavy atom. The highest BCUT2D eigenvalue weighted by Crippen LogP contribution is 2.16. The summed E-state index contributed by atoms with van der Waals surface area (Å²) in [6.45, 7) is 2.47. The van der Waals surface area contributed by atoms with Crippen molar-refractivity contribution in [3.63, 3.8) is 0 Å². The van der Waals surface area contributed by atoms with Crippen molar-refractivity contribution in [1.29, 1.82) is 0 Å². The Morgan fingerprint density at radius 3 is 2.65 bits per heavy atom. The number of hydrogen-bond donors (Lipinski definition) is 0. The first kappa shape index (κ1) is 14.5. The quantitative estimate of drug-likeness (QED) is 0.775. The van der Waals surface area contributed by atoms with E-state index in [9.17, 15) is 18.0 Å². The van der Waals surface area contributed by atoms with Crippen LogP contribution in [0.4, 0.5) is 0 Å². The molecule has 6 nitrogen and oxygen atoms in total. The van der Waals surface area contributed by atoms with Gasteiger partial charge in [-0.3, -0.25) is 9.36 Å². The highest BCUT2D eigenvalue weighted by molar-refractivity contribution is 7.91. The molecule has 0 bridgehead atoms. The number of sulfone groups is 1. The first-order chi connectivity index (χ1) is 9.31. The van der Waals surface area contributed by atoms with Crippen molar-refractivity contribution in [2.75, 3.05) is 12.0 Å². The molecular weight excluding hydrogens is 282 g/mol. The van der Waals surface area contributed by atoms with Crippen LogP contribution in [0.15, 0.2) is 27.4 Å². The molecule has 0 saturated heterocycles. The van der Waals surface area contributed by atoms with Crippen molar-refractivity contribution in [3.8, 4) is 0 Å². The van der Waals surface area contributed by atoms with Crippen LogP contribution in [0.3, 0.4) is 0 Å². The van der Waals surface area contributed by atoms with Crippen LogP contribution >= 0.6 is 0 Å². The van der Waals surface area contributed by atoms with Crippen molar-refractivity contribution in [2.45, 2.75) is 19.9 Å². The average molecular weight is 297 g/mol. The third kappa shape index (κ3) is 2.98. The highest BCUT2D eigenvalue weighted by Gasteiger charge is 2.16. The predicted octanol–water partition coefficient (Wildman–Crippen LogP) is 1.23. The second-order valence-electron chi connectivity index (χ2n) is 4.70. The molecule has 0 unspecified atom stereocenters. The van der Waals surface area contributed by atoms with Gasteiger partial charge in [0.2, 0.25) is 0 Å². The summed E-state index contributed by atoms with van der Waals surface area (Å²) in [5.41, 5.74) is 1.12. The van der Waals surface area contributed by atoms with E-state index in [2.05, 4.69) is 0 Å². The molecule has 0 radical (unpaired) electrons. The van der Waals surface area contributed by atoms with Crippen LogP contribution < -0.4 is 5.76 Å². The number of carbonyl (C=O) groups excluding carboxylic acids is 1. The summed E-state index contributed by atoms with van der Waals surface area (Å²) in [7, 11) is -3.38.